The van der Waals surface area contributed by atoms with Gasteiger partial charge in [0.15, 0.2) is 5.96 Å². The van der Waals surface area contributed by atoms with Crippen molar-refractivity contribution in [3.63, 3.8) is 0 Å². The number of benzene rings is 1. The Morgan fingerprint density at radius 2 is 2.26 bits per heavy atom. The summed E-state index contributed by atoms with van der Waals surface area (Å²) >= 11 is 2.06. The van der Waals surface area contributed by atoms with Crippen molar-refractivity contribution >= 4 is 28.8 Å². The molecule has 124 valence electrons. The van der Waals surface area contributed by atoms with Gasteiger partial charge in [-0.1, -0.05) is 12.1 Å². The van der Waals surface area contributed by atoms with Crippen LogP contribution in [0.2, 0.25) is 0 Å². The summed E-state index contributed by atoms with van der Waals surface area (Å²) in [7, 11) is 1.83. The van der Waals surface area contributed by atoms with Crippen LogP contribution in [0.15, 0.2) is 35.6 Å². The molecule has 1 unspecified atom stereocenters. The summed E-state index contributed by atoms with van der Waals surface area (Å²) in [5, 5.41) is 6.86. The molecule has 1 aliphatic heterocycles. The van der Waals surface area contributed by atoms with Gasteiger partial charge in [0.25, 0.3) is 0 Å². The smallest absolute Gasteiger partial charge is 0.191 e. The lowest BCUT2D eigenvalue weighted by Crippen LogP contribution is -2.44. The highest BCUT2D eigenvalue weighted by Crippen LogP contribution is 2.36. The Hall–Kier alpha value is -1.69. The van der Waals surface area contributed by atoms with Crippen molar-refractivity contribution in [3.05, 3.63) is 30.6 Å². The van der Waals surface area contributed by atoms with Crippen LogP contribution in [0.25, 0.3) is 11.0 Å². The third-order valence-electron chi connectivity index (χ3n) is 4.33. The maximum atomic E-state index is 4.42. The molecule has 0 aliphatic carbocycles. The van der Waals surface area contributed by atoms with Crippen molar-refractivity contribution in [2.24, 2.45) is 4.99 Å². The van der Waals surface area contributed by atoms with Crippen molar-refractivity contribution < 1.29 is 0 Å². The first-order valence-electron chi connectivity index (χ1n) is 8.19. The standard InChI is InChI=1S/C17H25N5S/c1-17(8-5-11-23-17)12-20-16(18-2)19-9-10-22-13-21-14-6-3-4-7-15(14)22/h3-4,6-7,13H,5,8-12H2,1-2H3,(H2,18,19,20). The number of guanidine groups is 1. The Morgan fingerprint density at radius 3 is 3.04 bits per heavy atom. The Kier molecular flexibility index (Phi) is 5.10. The van der Waals surface area contributed by atoms with Gasteiger partial charge in [-0.2, -0.15) is 11.8 Å². The first-order chi connectivity index (χ1) is 11.2. The maximum Gasteiger partial charge on any atom is 0.191 e. The summed E-state index contributed by atoms with van der Waals surface area (Å²) in [6.45, 7) is 4.99. The summed E-state index contributed by atoms with van der Waals surface area (Å²) in [5.41, 5.74) is 2.22. The van der Waals surface area contributed by atoms with Crippen LogP contribution in [0.4, 0.5) is 0 Å². The maximum absolute atomic E-state index is 4.42. The van der Waals surface area contributed by atoms with E-state index in [0.717, 1.165) is 31.1 Å². The highest BCUT2D eigenvalue weighted by Gasteiger charge is 2.29. The van der Waals surface area contributed by atoms with E-state index in [2.05, 4.69) is 49.9 Å². The fourth-order valence-corrected chi connectivity index (χ4v) is 4.20. The van der Waals surface area contributed by atoms with E-state index in [-0.39, 0.29) is 0 Å². The van der Waals surface area contributed by atoms with Gasteiger partial charge in [0.2, 0.25) is 0 Å². The third-order valence-corrected chi connectivity index (χ3v) is 5.86. The molecule has 1 aromatic heterocycles. The molecule has 1 aliphatic rings. The predicted molar refractivity (Wildman–Crippen MR) is 99.2 cm³/mol. The van der Waals surface area contributed by atoms with E-state index < -0.39 is 0 Å². The lowest BCUT2D eigenvalue weighted by molar-refractivity contribution is 0.581. The van der Waals surface area contributed by atoms with Gasteiger partial charge in [-0.05, 0) is 37.7 Å². The molecule has 1 saturated heterocycles. The highest BCUT2D eigenvalue weighted by atomic mass is 32.2. The zero-order chi connectivity index (χ0) is 16.1. The second-order valence-electron chi connectivity index (χ2n) is 6.18. The van der Waals surface area contributed by atoms with Gasteiger partial charge in [-0.15, -0.1) is 0 Å². The van der Waals surface area contributed by atoms with Gasteiger partial charge in [-0.3, -0.25) is 4.99 Å². The largest absolute Gasteiger partial charge is 0.355 e. The Balaban J connectivity index is 1.48. The molecule has 3 rings (SSSR count). The van der Waals surface area contributed by atoms with Crippen LogP contribution in [0.1, 0.15) is 19.8 Å². The van der Waals surface area contributed by atoms with Crippen molar-refractivity contribution in [2.45, 2.75) is 31.1 Å². The van der Waals surface area contributed by atoms with Crippen LogP contribution in [0.5, 0.6) is 0 Å². The number of aliphatic imine (C=N–C) groups is 1. The van der Waals surface area contributed by atoms with E-state index in [0.29, 0.717) is 4.75 Å². The molecule has 1 fully saturated rings. The summed E-state index contributed by atoms with van der Waals surface area (Å²) in [4.78, 5) is 8.74. The van der Waals surface area contributed by atoms with Gasteiger partial charge in [0.05, 0.1) is 17.4 Å². The molecule has 5 nitrogen and oxygen atoms in total. The number of imidazole rings is 1. The molecule has 2 N–H and O–H groups in total. The molecular formula is C17H25N5S. The van der Waals surface area contributed by atoms with Crippen LogP contribution in [-0.4, -0.2) is 46.1 Å². The number of para-hydroxylation sites is 2. The SMILES string of the molecule is CN=C(NCCn1cnc2ccccc21)NCC1(C)CCCS1. The Morgan fingerprint density at radius 1 is 1.39 bits per heavy atom. The number of aromatic nitrogens is 2. The topological polar surface area (TPSA) is 54.2 Å². The quantitative estimate of drug-likeness (QED) is 0.653. The Labute approximate surface area is 142 Å². The first-order valence-corrected chi connectivity index (χ1v) is 9.17. The summed E-state index contributed by atoms with van der Waals surface area (Å²) < 4.78 is 2.52. The molecule has 0 saturated carbocycles. The molecule has 2 heterocycles. The zero-order valence-corrected chi connectivity index (χ0v) is 14.7. The van der Waals surface area contributed by atoms with Gasteiger partial charge in [0.1, 0.15) is 0 Å². The normalized spacial score (nSPS) is 21.7. The van der Waals surface area contributed by atoms with E-state index in [1.54, 1.807) is 0 Å². The molecule has 0 radical (unpaired) electrons. The summed E-state index contributed by atoms with van der Waals surface area (Å²) in [5.74, 6) is 2.15. The number of nitrogens with one attached hydrogen (secondary N) is 2. The monoisotopic (exact) mass is 331 g/mol. The van der Waals surface area contributed by atoms with Crippen molar-refractivity contribution in [2.75, 3.05) is 25.9 Å². The van der Waals surface area contributed by atoms with Gasteiger partial charge < -0.3 is 15.2 Å². The minimum absolute atomic E-state index is 0.345. The number of thioether (sulfide) groups is 1. The fraction of sp³-hybridized carbons (Fsp3) is 0.529. The number of hydrogen-bond acceptors (Lipinski definition) is 3. The molecule has 23 heavy (non-hydrogen) atoms. The number of rotatable bonds is 5. The van der Waals surface area contributed by atoms with Crippen LogP contribution in [-0.2, 0) is 6.54 Å². The lowest BCUT2D eigenvalue weighted by atomic mass is 10.1. The fourth-order valence-electron chi connectivity index (χ4n) is 2.95. The summed E-state index contributed by atoms with van der Waals surface area (Å²) in [6.07, 6.45) is 4.50. The lowest BCUT2D eigenvalue weighted by Gasteiger charge is -2.24. The second-order valence-corrected chi connectivity index (χ2v) is 7.86. The number of fused-ring (bicyclic) bond motifs is 1. The van der Waals surface area contributed by atoms with Crippen LogP contribution >= 0.6 is 11.8 Å². The van der Waals surface area contributed by atoms with Gasteiger partial charge in [-0.25, -0.2) is 4.98 Å². The van der Waals surface area contributed by atoms with E-state index in [9.17, 15) is 0 Å². The van der Waals surface area contributed by atoms with Crippen LogP contribution in [0, 0.1) is 0 Å². The zero-order valence-electron chi connectivity index (χ0n) is 13.9. The van der Waals surface area contributed by atoms with Crippen molar-refractivity contribution in [3.8, 4) is 0 Å². The van der Waals surface area contributed by atoms with E-state index >= 15 is 0 Å². The van der Waals surface area contributed by atoms with E-state index in [4.69, 9.17) is 0 Å². The van der Waals surface area contributed by atoms with Crippen molar-refractivity contribution in [1.82, 2.24) is 20.2 Å². The molecule has 0 amide bonds. The van der Waals surface area contributed by atoms with Gasteiger partial charge >= 0.3 is 0 Å². The highest BCUT2D eigenvalue weighted by molar-refractivity contribution is 8.00. The molecule has 2 aromatic rings. The average Bonchev–Trinajstić information content (AvgIpc) is 3.18. The minimum atomic E-state index is 0.345. The van der Waals surface area contributed by atoms with E-state index in [1.807, 2.05) is 31.6 Å². The third kappa shape index (κ3) is 3.99. The van der Waals surface area contributed by atoms with Crippen LogP contribution < -0.4 is 10.6 Å². The van der Waals surface area contributed by atoms with E-state index in [1.165, 1.54) is 24.1 Å². The second kappa shape index (κ2) is 7.25. The molecule has 0 bridgehead atoms. The number of nitrogens with zero attached hydrogens (tertiary/aromatic N) is 3. The minimum Gasteiger partial charge on any atom is -0.355 e. The number of hydrogen-bond donors (Lipinski definition) is 2. The first kappa shape index (κ1) is 16.2. The van der Waals surface area contributed by atoms with Crippen molar-refractivity contribution in [1.29, 1.82) is 0 Å². The molecule has 1 aromatic carbocycles. The Bertz CT molecular complexity index is 672. The predicted octanol–water partition coefficient (Wildman–Crippen LogP) is 2.49. The van der Waals surface area contributed by atoms with Crippen LogP contribution in [0.3, 0.4) is 0 Å². The molecular weight excluding hydrogens is 306 g/mol. The molecule has 1 atom stereocenters. The molecule has 6 heteroatoms. The summed E-state index contributed by atoms with van der Waals surface area (Å²) in [6, 6.07) is 8.22. The van der Waals surface area contributed by atoms with Gasteiger partial charge in [0, 0.05) is 31.4 Å². The average molecular weight is 331 g/mol. The molecule has 0 spiro atoms.